The lowest BCUT2D eigenvalue weighted by Gasteiger charge is -2.24. The zero-order valence-corrected chi connectivity index (χ0v) is 11.0. The lowest BCUT2D eigenvalue weighted by Crippen LogP contribution is -2.15. The molecule has 1 rings (SSSR count). The molecule has 0 amide bonds. The second-order valence-electron chi connectivity index (χ2n) is 4.84. The number of hydrogen-bond acceptors (Lipinski definition) is 4. The first kappa shape index (κ1) is 14.2. The molecule has 0 saturated heterocycles. The SMILES string of the molecule is CCOc1ccc(OC(=O)O)c(O)c1C(C)(C)C. The summed E-state index contributed by atoms with van der Waals surface area (Å²) in [6, 6.07) is 2.98. The fraction of sp³-hybridized carbons (Fsp3) is 0.462. The van der Waals surface area contributed by atoms with Gasteiger partial charge in [-0.25, -0.2) is 4.79 Å². The van der Waals surface area contributed by atoms with Gasteiger partial charge in [-0.05, 0) is 24.5 Å². The first-order valence-corrected chi connectivity index (χ1v) is 5.67. The molecule has 5 heteroatoms. The third kappa shape index (κ3) is 3.06. The van der Waals surface area contributed by atoms with Crippen LogP contribution in [0.3, 0.4) is 0 Å². The van der Waals surface area contributed by atoms with Gasteiger partial charge in [-0.1, -0.05) is 20.8 Å². The van der Waals surface area contributed by atoms with E-state index in [1.165, 1.54) is 6.07 Å². The zero-order chi connectivity index (χ0) is 13.9. The highest BCUT2D eigenvalue weighted by Crippen LogP contribution is 2.43. The number of carbonyl (C=O) groups is 1. The van der Waals surface area contributed by atoms with Gasteiger partial charge in [-0.2, -0.15) is 0 Å². The molecule has 1 aromatic rings. The lowest BCUT2D eigenvalue weighted by atomic mass is 9.85. The Bertz CT molecular complexity index is 445. The van der Waals surface area contributed by atoms with Crippen molar-refractivity contribution in [2.45, 2.75) is 33.1 Å². The summed E-state index contributed by atoms with van der Waals surface area (Å²) in [4.78, 5) is 10.5. The minimum absolute atomic E-state index is 0.0871. The van der Waals surface area contributed by atoms with Crippen LogP contribution in [0.2, 0.25) is 0 Å². The monoisotopic (exact) mass is 254 g/mol. The van der Waals surface area contributed by atoms with Gasteiger partial charge in [0.2, 0.25) is 0 Å². The fourth-order valence-corrected chi connectivity index (χ4v) is 1.73. The molecule has 0 atom stereocenters. The van der Waals surface area contributed by atoms with E-state index in [9.17, 15) is 9.90 Å². The summed E-state index contributed by atoms with van der Waals surface area (Å²) in [5, 5.41) is 18.7. The van der Waals surface area contributed by atoms with Gasteiger partial charge in [0.05, 0.1) is 6.61 Å². The van der Waals surface area contributed by atoms with Crippen molar-refractivity contribution in [2.75, 3.05) is 6.61 Å². The quantitative estimate of drug-likeness (QED) is 0.640. The van der Waals surface area contributed by atoms with E-state index in [4.69, 9.17) is 9.84 Å². The minimum atomic E-state index is -1.46. The summed E-state index contributed by atoms with van der Waals surface area (Å²) in [5.74, 6) is 0.243. The molecule has 100 valence electrons. The van der Waals surface area contributed by atoms with Gasteiger partial charge in [0.25, 0.3) is 0 Å². The third-order valence-corrected chi connectivity index (χ3v) is 2.35. The Morgan fingerprint density at radius 1 is 1.28 bits per heavy atom. The molecule has 2 N–H and O–H groups in total. The van der Waals surface area contributed by atoms with Crippen LogP contribution in [0.1, 0.15) is 33.3 Å². The van der Waals surface area contributed by atoms with Gasteiger partial charge in [-0.3, -0.25) is 0 Å². The van der Waals surface area contributed by atoms with E-state index in [2.05, 4.69) is 4.74 Å². The summed E-state index contributed by atoms with van der Waals surface area (Å²) in [5.41, 5.74) is 0.134. The molecule has 18 heavy (non-hydrogen) atoms. The molecule has 0 bridgehead atoms. The predicted octanol–water partition coefficient (Wildman–Crippen LogP) is 3.15. The first-order valence-electron chi connectivity index (χ1n) is 5.67. The van der Waals surface area contributed by atoms with Crippen LogP contribution >= 0.6 is 0 Å². The average molecular weight is 254 g/mol. The molecule has 0 aliphatic rings. The molecule has 5 nitrogen and oxygen atoms in total. The number of aromatic hydroxyl groups is 1. The van der Waals surface area contributed by atoms with Crippen molar-refractivity contribution in [1.29, 1.82) is 0 Å². The van der Waals surface area contributed by atoms with Crippen LogP contribution in [0.25, 0.3) is 0 Å². The smallest absolute Gasteiger partial charge is 0.504 e. The van der Waals surface area contributed by atoms with Crippen molar-refractivity contribution in [3.63, 3.8) is 0 Å². The van der Waals surface area contributed by atoms with Crippen molar-refractivity contribution in [3.05, 3.63) is 17.7 Å². The number of carboxylic acid groups (broad SMARTS) is 1. The Morgan fingerprint density at radius 3 is 2.28 bits per heavy atom. The van der Waals surface area contributed by atoms with Crippen molar-refractivity contribution >= 4 is 6.16 Å². The lowest BCUT2D eigenvalue weighted by molar-refractivity contribution is 0.142. The number of ether oxygens (including phenoxy) is 2. The molecule has 0 aromatic heterocycles. The normalized spacial score (nSPS) is 11.1. The Labute approximate surface area is 106 Å². The fourth-order valence-electron chi connectivity index (χ4n) is 1.73. The predicted molar refractivity (Wildman–Crippen MR) is 66.6 cm³/mol. The molecular formula is C13H18O5. The molecule has 0 heterocycles. The van der Waals surface area contributed by atoms with E-state index in [0.717, 1.165) is 0 Å². The van der Waals surface area contributed by atoms with Gasteiger partial charge >= 0.3 is 6.16 Å². The maximum Gasteiger partial charge on any atom is 0.511 e. The largest absolute Gasteiger partial charge is 0.511 e. The first-order chi connectivity index (χ1) is 8.27. The van der Waals surface area contributed by atoms with E-state index in [1.54, 1.807) is 6.07 Å². The molecule has 0 spiro atoms. The highest BCUT2D eigenvalue weighted by Gasteiger charge is 2.26. The molecule has 0 fully saturated rings. The molecule has 0 radical (unpaired) electrons. The van der Waals surface area contributed by atoms with Crippen molar-refractivity contribution in [1.82, 2.24) is 0 Å². The Hall–Kier alpha value is -1.91. The van der Waals surface area contributed by atoms with Crippen LogP contribution in [-0.2, 0) is 5.41 Å². The molecule has 1 aromatic carbocycles. The van der Waals surface area contributed by atoms with Gasteiger partial charge in [0.15, 0.2) is 11.5 Å². The Morgan fingerprint density at radius 2 is 1.83 bits per heavy atom. The van der Waals surface area contributed by atoms with Crippen LogP contribution in [0, 0.1) is 0 Å². The molecule has 0 unspecified atom stereocenters. The second kappa shape index (κ2) is 5.16. The maximum absolute atomic E-state index is 10.5. The minimum Gasteiger partial charge on any atom is -0.504 e. The summed E-state index contributed by atoms with van der Waals surface area (Å²) < 4.78 is 9.97. The molecular weight excluding hydrogens is 236 g/mol. The summed E-state index contributed by atoms with van der Waals surface area (Å²) in [6.45, 7) is 7.99. The Kier molecular flexibility index (Phi) is 4.06. The van der Waals surface area contributed by atoms with Gasteiger partial charge in [0.1, 0.15) is 5.75 Å². The topological polar surface area (TPSA) is 76.0 Å². The van der Waals surface area contributed by atoms with Crippen LogP contribution < -0.4 is 9.47 Å². The highest BCUT2D eigenvalue weighted by molar-refractivity contribution is 5.65. The van der Waals surface area contributed by atoms with E-state index in [0.29, 0.717) is 17.9 Å². The summed E-state index contributed by atoms with van der Waals surface area (Å²) in [7, 11) is 0. The van der Waals surface area contributed by atoms with E-state index in [-0.39, 0.29) is 11.5 Å². The number of rotatable bonds is 3. The van der Waals surface area contributed by atoms with Gasteiger partial charge in [-0.15, -0.1) is 0 Å². The number of hydrogen-bond donors (Lipinski definition) is 2. The van der Waals surface area contributed by atoms with Crippen molar-refractivity contribution in [2.24, 2.45) is 0 Å². The average Bonchev–Trinajstić information content (AvgIpc) is 2.20. The van der Waals surface area contributed by atoms with Crippen LogP contribution in [-0.4, -0.2) is 23.0 Å². The summed E-state index contributed by atoms with van der Waals surface area (Å²) in [6.07, 6.45) is -1.46. The van der Waals surface area contributed by atoms with Crippen LogP contribution in [0.15, 0.2) is 12.1 Å². The van der Waals surface area contributed by atoms with E-state index in [1.807, 2.05) is 27.7 Å². The van der Waals surface area contributed by atoms with Crippen LogP contribution in [0.4, 0.5) is 4.79 Å². The maximum atomic E-state index is 10.5. The molecule has 0 aliphatic carbocycles. The Balaban J connectivity index is 3.35. The van der Waals surface area contributed by atoms with Gasteiger partial charge in [0, 0.05) is 5.56 Å². The number of benzene rings is 1. The third-order valence-electron chi connectivity index (χ3n) is 2.35. The number of phenolic OH excluding ortho intramolecular Hbond substituents is 1. The second-order valence-corrected chi connectivity index (χ2v) is 4.84. The molecule has 0 saturated carbocycles. The molecule has 0 aliphatic heterocycles. The van der Waals surface area contributed by atoms with Crippen molar-refractivity contribution < 1.29 is 24.5 Å². The van der Waals surface area contributed by atoms with E-state index < -0.39 is 11.6 Å². The highest BCUT2D eigenvalue weighted by atomic mass is 16.7. The van der Waals surface area contributed by atoms with Gasteiger partial charge < -0.3 is 19.7 Å². The standard InChI is InChI=1S/C13H18O5/c1-5-17-8-6-7-9(18-12(15)16)11(14)10(8)13(2,3)4/h6-7,14H,5H2,1-4H3,(H,15,16). The van der Waals surface area contributed by atoms with E-state index >= 15 is 0 Å². The zero-order valence-electron chi connectivity index (χ0n) is 11.0. The number of phenols is 1. The summed E-state index contributed by atoms with van der Waals surface area (Å²) >= 11 is 0. The van der Waals surface area contributed by atoms with Crippen molar-refractivity contribution in [3.8, 4) is 17.2 Å². The van der Waals surface area contributed by atoms with Crippen LogP contribution in [0.5, 0.6) is 17.2 Å².